The van der Waals surface area contributed by atoms with Crippen molar-refractivity contribution in [1.29, 1.82) is 0 Å². The molecule has 0 heterocycles. The third kappa shape index (κ3) is 5.63. The van der Waals surface area contributed by atoms with Gasteiger partial charge in [-0.05, 0) is 35.9 Å². The quantitative estimate of drug-likeness (QED) is 0.308. The second-order valence-electron chi connectivity index (χ2n) is 7.06. The first kappa shape index (κ1) is 24.1. The van der Waals surface area contributed by atoms with E-state index in [2.05, 4.69) is 0 Å². The number of ether oxygens (including phenoxy) is 4. The molecule has 6 heteroatoms. The maximum atomic E-state index is 12.4. The average molecular weight is 462 g/mol. The molecule has 1 atom stereocenters. The number of hydrogen-bond acceptors (Lipinski definition) is 5. The molecular weight excluding hydrogens is 435 g/mol. The topological polar surface area (TPSA) is 54.0 Å². The van der Waals surface area contributed by atoms with E-state index in [4.69, 9.17) is 18.9 Å². The van der Waals surface area contributed by atoms with E-state index in [0.717, 1.165) is 16.7 Å². The Morgan fingerprint density at radius 3 is 1.64 bits per heavy atom. The SMILES string of the molecule is COc1cccc(OC)c1C=CC(C(=Cc1c(OC)cccc1OC)P=O)c1ccccc1. The van der Waals surface area contributed by atoms with E-state index in [-0.39, 0.29) is 14.4 Å². The number of rotatable bonds is 10. The van der Waals surface area contributed by atoms with Crippen LogP contribution in [0.15, 0.2) is 78.1 Å². The molecule has 0 aliphatic rings. The average Bonchev–Trinajstić information content (AvgIpc) is 2.88. The van der Waals surface area contributed by atoms with Crippen LogP contribution in [0.25, 0.3) is 12.2 Å². The van der Waals surface area contributed by atoms with Gasteiger partial charge in [0, 0.05) is 11.2 Å². The van der Waals surface area contributed by atoms with E-state index in [1.165, 1.54) is 0 Å². The van der Waals surface area contributed by atoms with E-state index in [1.54, 1.807) is 28.4 Å². The van der Waals surface area contributed by atoms with Gasteiger partial charge in [0.2, 0.25) is 0 Å². The molecule has 0 N–H and O–H groups in total. The zero-order chi connectivity index (χ0) is 23.6. The summed E-state index contributed by atoms with van der Waals surface area (Å²) >= 11 is 0. The minimum Gasteiger partial charge on any atom is -0.496 e. The fourth-order valence-corrected chi connectivity index (χ4v) is 4.15. The van der Waals surface area contributed by atoms with E-state index in [9.17, 15) is 4.57 Å². The fraction of sp³-hybridized carbons (Fsp3) is 0.185. The van der Waals surface area contributed by atoms with Crippen LogP contribution < -0.4 is 18.9 Å². The van der Waals surface area contributed by atoms with Gasteiger partial charge in [-0.3, -0.25) is 4.57 Å². The highest BCUT2D eigenvalue weighted by Crippen LogP contribution is 2.40. The molecule has 170 valence electrons. The highest BCUT2D eigenvalue weighted by atomic mass is 31.1. The molecular formula is C27H27O5P. The van der Waals surface area contributed by atoms with Crippen LogP contribution in [0.3, 0.4) is 0 Å². The van der Waals surface area contributed by atoms with Crippen molar-refractivity contribution in [3.8, 4) is 23.0 Å². The summed E-state index contributed by atoms with van der Waals surface area (Å²) in [7, 11) is 6.33. The van der Waals surface area contributed by atoms with E-state index >= 15 is 0 Å². The molecule has 33 heavy (non-hydrogen) atoms. The zero-order valence-electron chi connectivity index (χ0n) is 19.1. The first-order valence-corrected chi connectivity index (χ1v) is 11.2. The molecule has 0 amide bonds. The Hall–Kier alpha value is -3.56. The lowest BCUT2D eigenvalue weighted by molar-refractivity contribution is 0.392. The molecule has 0 aromatic heterocycles. The normalized spacial score (nSPS) is 12.5. The van der Waals surface area contributed by atoms with Crippen molar-refractivity contribution in [3.63, 3.8) is 0 Å². The lowest BCUT2D eigenvalue weighted by atomic mass is 9.95. The molecule has 1 unspecified atom stereocenters. The van der Waals surface area contributed by atoms with E-state index < -0.39 is 0 Å². The lowest BCUT2D eigenvalue weighted by Gasteiger charge is -2.16. The number of methoxy groups -OCH3 is 4. The molecule has 0 saturated carbocycles. The third-order valence-corrected chi connectivity index (χ3v) is 5.88. The summed E-state index contributed by atoms with van der Waals surface area (Å²) < 4.78 is 34.6. The molecule has 0 bridgehead atoms. The van der Waals surface area contributed by atoms with Crippen LogP contribution in [0, 0.1) is 0 Å². The number of benzene rings is 3. The third-order valence-electron chi connectivity index (χ3n) is 5.26. The summed E-state index contributed by atoms with van der Waals surface area (Å²) in [5.41, 5.74) is 2.52. The molecule has 0 spiro atoms. The van der Waals surface area contributed by atoms with Gasteiger partial charge in [0.1, 0.15) is 23.0 Å². The maximum absolute atomic E-state index is 12.4. The molecule has 5 nitrogen and oxygen atoms in total. The van der Waals surface area contributed by atoms with Crippen molar-refractivity contribution in [3.05, 3.63) is 94.8 Å². The molecule has 3 aromatic carbocycles. The van der Waals surface area contributed by atoms with Gasteiger partial charge in [-0.15, -0.1) is 0 Å². The highest BCUT2D eigenvalue weighted by Gasteiger charge is 2.18. The Morgan fingerprint density at radius 2 is 1.18 bits per heavy atom. The van der Waals surface area contributed by atoms with Crippen LogP contribution in [-0.2, 0) is 4.57 Å². The molecule has 3 rings (SSSR count). The van der Waals surface area contributed by atoms with E-state index in [1.807, 2.05) is 85.0 Å². The zero-order valence-corrected chi connectivity index (χ0v) is 20.0. The van der Waals surface area contributed by atoms with Gasteiger partial charge in [0.05, 0.1) is 39.6 Å². The fourth-order valence-electron chi connectivity index (χ4n) is 3.62. The van der Waals surface area contributed by atoms with Gasteiger partial charge in [-0.25, -0.2) is 0 Å². The largest absolute Gasteiger partial charge is 0.496 e. The molecule has 0 aliphatic carbocycles. The first-order valence-electron chi connectivity index (χ1n) is 10.4. The Bertz CT molecular complexity index is 1090. The second-order valence-corrected chi connectivity index (χ2v) is 7.76. The van der Waals surface area contributed by atoms with Gasteiger partial charge in [0.25, 0.3) is 0 Å². The minimum atomic E-state index is -0.283. The standard InChI is InChI=1S/C27H27O5P/c1-29-23-12-8-13-24(30-2)21(23)17-16-20(19-10-6-5-7-11-19)27(33-28)18-22-25(31-3)14-9-15-26(22)32-4/h5-18,20H,1-4H3. The number of allylic oxidation sites excluding steroid dienone is 2. The predicted octanol–water partition coefficient (Wildman–Crippen LogP) is 6.85. The van der Waals surface area contributed by atoms with Crippen molar-refractivity contribution < 1.29 is 23.5 Å². The van der Waals surface area contributed by atoms with Crippen molar-refractivity contribution in [1.82, 2.24) is 0 Å². The smallest absolute Gasteiger partial charge is 0.188 e. The van der Waals surface area contributed by atoms with E-state index in [0.29, 0.717) is 28.3 Å². The Labute approximate surface area is 196 Å². The van der Waals surface area contributed by atoms with Gasteiger partial charge in [-0.1, -0.05) is 54.6 Å². The van der Waals surface area contributed by atoms with Crippen molar-refractivity contribution in [2.45, 2.75) is 5.92 Å². The number of hydrogen-bond donors (Lipinski definition) is 0. The monoisotopic (exact) mass is 462 g/mol. The van der Waals surface area contributed by atoms with Crippen LogP contribution in [0.1, 0.15) is 22.6 Å². The summed E-state index contributed by atoms with van der Waals surface area (Å²) in [4.78, 5) is 0. The van der Waals surface area contributed by atoms with Gasteiger partial charge in [0.15, 0.2) is 8.46 Å². The van der Waals surface area contributed by atoms with Crippen LogP contribution in [0.5, 0.6) is 23.0 Å². The summed E-state index contributed by atoms with van der Waals surface area (Å²) in [5, 5.41) is 0.647. The van der Waals surface area contributed by atoms with Crippen LogP contribution in [0.2, 0.25) is 0 Å². The lowest BCUT2D eigenvalue weighted by Crippen LogP contribution is -1.98. The molecule has 3 aromatic rings. The maximum Gasteiger partial charge on any atom is 0.188 e. The molecule has 0 saturated heterocycles. The molecule has 0 radical (unpaired) electrons. The van der Waals surface area contributed by atoms with Crippen molar-refractivity contribution >= 4 is 20.6 Å². The van der Waals surface area contributed by atoms with Crippen molar-refractivity contribution in [2.24, 2.45) is 0 Å². The first-order chi connectivity index (χ1) is 16.2. The second kappa shape index (κ2) is 11.9. The van der Waals surface area contributed by atoms with Crippen LogP contribution >= 0.6 is 8.46 Å². The van der Waals surface area contributed by atoms with Gasteiger partial charge < -0.3 is 18.9 Å². The minimum absolute atomic E-state index is 0.114. The predicted molar refractivity (Wildman–Crippen MR) is 133 cm³/mol. The summed E-state index contributed by atoms with van der Waals surface area (Å²) in [6, 6.07) is 21.1. The van der Waals surface area contributed by atoms with Crippen LogP contribution in [-0.4, -0.2) is 28.4 Å². The highest BCUT2D eigenvalue weighted by molar-refractivity contribution is 7.29. The van der Waals surface area contributed by atoms with Gasteiger partial charge >= 0.3 is 0 Å². The Balaban J connectivity index is 2.16. The van der Waals surface area contributed by atoms with Gasteiger partial charge in [-0.2, -0.15) is 0 Å². The summed E-state index contributed by atoms with van der Waals surface area (Å²) in [6.45, 7) is 0. The molecule has 0 fully saturated rings. The molecule has 0 aliphatic heterocycles. The summed E-state index contributed by atoms with van der Waals surface area (Å²) in [6.07, 6.45) is 5.79. The summed E-state index contributed by atoms with van der Waals surface area (Å²) in [5.74, 6) is 2.37. The van der Waals surface area contributed by atoms with Crippen LogP contribution in [0.4, 0.5) is 0 Å². The van der Waals surface area contributed by atoms with Crippen molar-refractivity contribution in [2.75, 3.05) is 28.4 Å². The Morgan fingerprint density at radius 1 is 0.697 bits per heavy atom. The Kier molecular flexibility index (Phi) is 8.68.